The molecule has 0 aliphatic carbocycles. The highest BCUT2D eigenvalue weighted by molar-refractivity contribution is 6.33. The summed E-state index contributed by atoms with van der Waals surface area (Å²) in [7, 11) is 1.63. The second kappa shape index (κ2) is 9.12. The Labute approximate surface area is 181 Å². The van der Waals surface area contributed by atoms with E-state index in [1.165, 1.54) is 0 Å². The molecule has 2 aromatic carbocycles. The molecule has 162 valence electrons. The highest BCUT2D eigenvalue weighted by Gasteiger charge is 2.38. The summed E-state index contributed by atoms with van der Waals surface area (Å²) in [6, 6.07) is 9.83. The Hall–Kier alpha value is -1.83. The topological polar surface area (TPSA) is 88.4 Å². The molecule has 0 radical (unpaired) electrons. The molecule has 1 fully saturated rings. The van der Waals surface area contributed by atoms with Crippen molar-refractivity contribution in [1.29, 1.82) is 0 Å². The third kappa shape index (κ3) is 4.15. The first-order chi connectivity index (χ1) is 14.5. The summed E-state index contributed by atoms with van der Waals surface area (Å²) in [5.74, 6) is 1.46. The molecule has 2 aliphatic rings. The fraction of sp³-hybridized carbons (Fsp3) is 0.478. The molecule has 0 saturated carbocycles. The van der Waals surface area contributed by atoms with Crippen LogP contribution >= 0.6 is 11.6 Å². The molecular weight excluding hydrogens is 408 g/mol. The monoisotopic (exact) mass is 434 g/mol. The van der Waals surface area contributed by atoms with Crippen molar-refractivity contribution < 1.29 is 29.5 Å². The zero-order valence-corrected chi connectivity index (χ0v) is 17.6. The van der Waals surface area contributed by atoms with Gasteiger partial charge < -0.3 is 29.5 Å². The maximum atomic E-state index is 10.3. The number of fused-ring (bicyclic) bond motifs is 1. The minimum atomic E-state index is -1.11. The first-order valence-corrected chi connectivity index (χ1v) is 10.6. The third-order valence-corrected chi connectivity index (χ3v) is 6.32. The van der Waals surface area contributed by atoms with E-state index in [1.807, 2.05) is 30.3 Å². The van der Waals surface area contributed by atoms with E-state index in [-0.39, 0.29) is 13.0 Å². The molecule has 0 bridgehead atoms. The smallest absolute Gasteiger partial charge is 0.141 e. The van der Waals surface area contributed by atoms with Gasteiger partial charge in [0.15, 0.2) is 0 Å². The number of methoxy groups -OCH3 is 1. The Morgan fingerprint density at radius 3 is 2.67 bits per heavy atom. The van der Waals surface area contributed by atoms with Crippen molar-refractivity contribution in [3.05, 3.63) is 57.6 Å². The SMILES string of the molecule is COc1ccc(Cc2cc(C3CC(O)[C@H](O)C(CO)O3)c3c(c2Cl)OCCC3)cc1. The van der Waals surface area contributed by atoms with Crippen molar-refractivity contribution in [3.8, 4) is 11.5 Å². The molecule has 2 aliphatic heterocycles. The Balaban J connectivity index is 1.71. The fourth-order valence-corrected chi connectivity index (χ4v) is 4.55. The Morgan fingerprint density at radius 1 is 1.20 bits per heavy atom. The van der Waals surface area contributed by atoms with Gasteiger partial charge in [-0.05, 0) is 48.1 Å². The highest BCUT2D eigenvalue weighted by atomic mass is 35.5. The minimum absolute atomic E-state index is 0.244. The number of aliphatic hydroxyl groups is 3. The van der Waals surface area contributed by atoms with E-state index in [2.05, 4.69) is 0 Å². The van der Waals surface area contributed by atoms with Crippen LogP contribution in [-0.2, 0) is 17.6 Å². The van der Waals surface area contributed by atoms with Crippen molar-refractivity contribution in [2.75, 3.05) is 20.3 Å². The van der Waals surface area contributed by atoms with Crippen LogP contribution in [0.2, 0.25) is 5.02 Å². The van der Waals surface area contributed by atoms with Gasteiger partial charge in [0.1, 0.15) is 23.7 Å². The molecule has 2 heterocycles. The number of hydrogen-bond donors (Lipinski definition) is 3. The van der Waals surface area contributed by atoms with Crippen LogP contribution in [0.15, 0.2) is 30.3 Å². The van der Waals surface area contributed by atoms with Crippen LogP contribution in [0.5, 0.6) is 11.5 Å². The summed E-state index contributed by atoms with van der Waals surface area (Å²) >= 11 is 6.73. The average molecular weight is 435 g/mol. The van der Waals surface area contributed by atoms with Crippen LogP contribution in [0.25, 0.3) is 0 Å². The maximum Gasteiger partial charge on any atom is 0.141 e. The van der Waals surface area contributed by atoms with Crippen molar-refractivity contribution in [1.82, 2.24) is 0 Å². The van der Waals surface area contributed by atoms with E-state index in [0.29, 0.717) is 23.8 Å². The molecule has 6 nitrogen and oxygen atoms in total. The molecule has 4 atom stereocenters. The quantitative estimate of drug-likeness (QED) is 0.670. The first kappa shape index (κ1) is 21.4. The minimum Gasteiger partial charge on any atom is -0.497 e. The first-order valence-electron chi connectivity index (χ1n) is 10.2. The molecule has 30 heavy (non-hydrogen) atoms. The predicted octanol–water partition coefficient (Wildman–Crippen LogP) is 2.81. The van der Waals surface area contributed by atoms with Crippen LogP contribution in [0, 0.1) is 0 Å². The van der Waals surface area contributed by atoms with Crippen LogP contribution in [0.3, 0.4) is 0 Å². The second-order valence-electron chi connectivity index (χ2n) is 7.86. The van der Waals surface area contributed by atoms with Gasteiger partial charge in [0.05, 0.1) is 37.6 Å². The Kier molecular flexibility index (Phi) is 6.51. The number of aliphatic hydroxyl groups excluding tert-OH is 3. The molecule has 3 unspecified atom stereocenters. The fourth-order valence-electron chi connectivity index (χ4n) is 4.26. The van der Waals surface area contributed by atoms with Crippen molar-refractivity contribution in [2.45, 2.75) is 50.1 Å². The van der Waals surface area contributed by atoms with Gasteiger partial charge in [-0.2, -0.15) is 0 Å². The van der Waals surface area contributed by atoms with Crippen LogP contribution in [0.4, 0.5) is 0 Å². The van der Waals surface area contributed by atoms with Gasteiger partial charge in [-0.1, -0.05) is 29.8 Å². The van der Waals surface area contributed by atoms with E-state index < -0.39 is 24.4 Å². The van der Waals surface area contributed by atoms with Gasteiger partial charge in [0.2, 0.25) is 0 Å². The van der Waals surface area contributed by atoms with Gasteiger partial charge in [-0.25, -0.2) is 0 Å². The molecule has 3 N–H and O–H groups in total. The lowest BCUT2D eigenvalue weighted by molar-refractivity contribution is -0.181. The van der Waals surface area contributed by atoms with E-state index in [4.69, 9.17) is 25.8 Å². The second-order valence-corrected chi connectivity index (χ2v) is 8.24. The van der Waals surface area contributed by atoms with Crippen molar-refractivity contribution in [2.24, 2.45) is 0 Å². The third-order valence-electron chi connectivity index (χ3n) is 5.90. The lowest BCUT2D eigenvalue weighted by atomic mass is 9.87. The largest absolute Gasteiger partial charge is 0.497 e. The number of benzene rings is 2. The maximum absolute atomic E-state index is 10.3. The lowest BCUT2D eigenvalue weighted by Gasteiger charge is -2.38. The summed E-state index contributed by atoms with van der Waals surface area (Å²) < 4.78 is 17.1. The van der Waals surface area contributed by atoms with Crippen LogP contribution < -0.4 is 9.47 Å². The molecule has 7 heteroatoms. The predicted molar refractivity (Wildman–Crippen MR) is 112 cm³/mol. The van der Waals surface area contributed by atoms with Gasteiger partial charge in [-0.15, -0.1) is 0 Å². The van der Waals surface area contributed by atoms with E-state index in [1.54, 1.807) is 7.11 Å². The molecule has 1 saturated heterocycles. The zero-order chi connectivity index (χ0) is 21.3. The number of rotatable bonds is 5. The van der Waals surface area contributed by atoms with Gasteiger partial charge in [0.25, 0.3) is 0 Å². The van der Waals surface area contributed by atoms with Crippen molar-refractivity contribution in [3.63, 3.8) is 0 Å². The van der Waals surface area contributed by atoms with Crippen LogP contribution in [0.1, 0.15) is 41.2 Å². The van der Waals surface area contributed by atoms with Gasteiger partial charge in [-0.3, -0.25) is 0 Å². The molecule has 2 aromatic rings. The van der Waals surface area contributed by atoms with E-state index in [0.717, 1.165) is 40.8 Å². The molecule has 0 amide bonds. The Bertz CT molecular complexity index is 884. The standard InChI is InChI=1S/C23H27ClO6/c1-28-15-6-4-13(5-7-15)9-14-10-17(16-3-2-8-29-23(16)21(14)24)19-11-18(26)22(27)20(12-25)30-19/h4-7,10,18-20,22,25-27H,2-3,8-9,11-12H2,1H3/t18?,19?,20?,22-/m0/s1. The molecular formula is C23H27ClO6. The highest BCUT2D eigenvalue weighted by Crippen LogP contribution is 2.44. The summed E-state index contributed by atoms with van der Waals surface area (Å²) in [6.45, 7) is 0.240. The number of halogens is 1. The lowest BCUT2D eigenvalue weighted by Crippen LogP contribution is -2.47. The summed E-state index contributed by atoms with van der Waals surface area (Å²) in [6.07, 6.45) is -0.847. The van der Waals surface area contributed by atoms with E-state index in [9.17, 15) is 15.3 Å². The number of hydrogen-bond acceptors (Lipinski definition) is 6. The van der Waals surface area contributed by atoms with Crippen molar-refractivity contribution >= 4 is 11.6 Å². The average Bonchev–Trinajstić information content (AvgIpc) is 2.78. The summed E-state index contributed by atoms with van der Waals surface area (Å²) in [5, 5.41) is 30.6. The molecule has 0 spiro atoms. The zero-order valence-electron chi connectivity index (χ0n) is 16.9. The van der Waals surface area contributed by atoms with Gasteiger partial charge >= 0.3 is 0 Å². The number of ether oxygens (including phenoxy) is 3. The van der Waals surface area contributed by atoms with Crippen LogP contribution in [-0.4, -0.2) is 54.0 Å². The normalized spacial score (nSPS) is 26.0. The van der Waals surface area contributed by atoms with E-state index >= 15 is 0 Å². The molecule has 0 aromatic heterocycles. The summed E-state index contributed by atoms with van der Waals surface area (Å²) in [4.78, 5) is 0. The van der Waals surface area contributed by atoms with Gasteiger partial charge in [0, 0.05) is 12.0 Å². The Morgan fingerprint density at radius 2 is 1.97 bits per heavy atom. The summed E-state index contributed by atoms with van der Waals surface area (Å²) in [5.41, 5.74) is 3.87. The molecule has 4 rings (SSSR count).